The molecule has 0 aliphatic heterocycles. The fraction of sp³-hybridized carbons (Fsp3) is 0. The molecule has 20 heavy (non-hydrogen) atoms. The van der Waals surface area contributed by atoms with Crippen molar-refractivity contribution in [2.45, 2.75) is 9.79 Å². The first-order valence-corrected chi connectivity index (χ1v) is 7.94. The normalized spacial score (nSPS) is 12.4. The first-order chi connectivity index (χ1) is 9.16. The molecule has 0 fully saturated rings. The summed E-state index contributed by atoms with van der Waals surface area (Å²) in [6.07, 6.45) is 0. The van der Waals surface area contributed by atoms with E-state index in [1.807, 2.05) is 4.58 Å². The molecule has 0 atom stereocenters. The number of fused-ring (bicyclic) bond motifs is 1. The summed E-state index contributed by atoms with van der Waals surface area (Å²) in [4.78, 5) is 9.37. The Balaban J connectivity index is 3.06. The highest BCUT2D eigenvalue weighted by Crippen LogP contribution is 2.31. The van der Waals surface area contributed by atoms with Gasteiger partial charge in [-0.05, 0) is 18.2 Å². The summed E-state index contributed by atoms with van der Waals surface area (Å²) in [5.41, 5.74) is 5.41. The summed E-state index contributed by atoms with van der Waals surface area (Å²) in [5.74, 6) is 0. The van der Waals surface area contributed by atoms with Crippen LogP contribution in [0.1, 0.15) is 0 Å². The van der Waals surface area contributed by atoms with E-state index >= 15 is 0 Å². The Labute approximate surface area is 114 Å². The molecule has 10 heteroatoms. The molecule has 0 saturated carbocycles. The molecule has 0 aliphatic carbocycles. The lowest BCUT2D eigenvalue weighted by Crippen LogP contribution is -2.03. The summed E-state index contributed by atoms with van der Waals surface area (Å²) in [6.45, 7) is 0. The van der Waals surface area contributed by atoms with Crippen LogP contribution >= 0.6 is 0 Å². The molecule has 8 nitrogen and oxygen atoms in total. The summed E-state index contributed by atoms with van der Waals surface area (Å²) in [5, 5.41) is -0.189. The predicted octanol–water partition coefficient (Wildman–Crippen LogP) is 1.12. The van der Waals surface area contributed by atoms with Crippen LogP contribution in [0.2, 0.25) is 0 Å². The number of rotatable bonds is 3. The molecule has 0 unspecified atom stereocenters. The lowest BCUT2D eigenvalue weighted by atomic mass is 10.1. The van der Waals surface area contributed by atoms with Gasteiger partial charge in [-0.3, -0.25) is 4.55 Å². The van der Waals surface area contributed by atoms with E-state index in [-0.39, 0.29) is 16.5 Å². The maximum Gasteiger partial charge on any atom is 0.317 e. The van der Waals surface area contributed by atoms with Gasteiger partial charge < -0.3 is 5.73 Å². The molecule has 0 aromatic heterocycles. The smallest absolute Gasteiger partial charge is 0.317 e. The number of nitroso groups, excluding NO2 is 1. The molecule has 106 valence electrons. The summed E-state index contributed by atoms with van der Waals surface area (Å²) in [7, 11) is -9.07. The number of nitrogens with zero attached hydrogens (tertiary/aromatic N) is 1. The molecule has 0 aliphatic rings. The summed E-state index contributed by atoms with van der Waals surface area (Å²) < 4.78 is 56.9. The van der Waals surface area contributed by atoms with Gasteiger partial charge in [-0.15, -0.1) is 4.91 Å². The maximum atomic E-state index is 11.6. The van der Waals surface area contributed by atoms with Crippen molar-refractivity contribution >= 4 is 36.6 Å². The predicted molar refractivity (Wildman–Crippen MR) is 71.2 cm³/mol. The molecule has 2 aromatic carbocycles. The Morgan fingerprint density at radius 1 is 1.00 bits per heavy atom. The maximum absolute atomic E-state index is 11.6. The Morgan fingerprint density at radius 2 is 1.65 bits per heavy atom. The van der Waals surface area contributed by atoms with Crippen LogP contribution in [0.25, 0.3) is 10.8 Å². The van der Waals surface area contributed by atoms with E-state index in [0.29, 0.717) is 0 Å². The van der Waals surface area contributed by atoms with Gasteiger partial charge in [0.25, 0.3) is 10.1 Å². The van der Waals surface area contributed by atoms with Crippen LogP contribution in [0.5, 0.6) is 0 Å². The Bertz CT molecular complexity index is 918. The number of hydrogen-bond donors (Lipinski definition) is 2. The van der Waals surface area contributed by atoms with E-state index in [1.54, 1.807) is 0 Å². The molecule has 0 spiro atoms. The molecular formula is C10H8N2O6S2. The van der Waals surface area contributed by atoms with Crippen LogP contribution in [0.4, 0.5) is 5.69 Å². The highest BCUT2D eigenvalue weighted by molar-refractivity contribution is 7.90. The number of hydrogen-bond acceptors (Lipinski definition) is 6. The van der Waals surface area contributed by atoms with Gasteiger partial charge in [0, 0.05) is 16.5 Å². The Kier molecular flexibility index (Phi) is 3.24. The third kappa shape index (κ3) is 2.35. The van der Waals surface area contributed by atoms with Gasteiger partial charge in [0.1, 0.15) is 9.79 Å². The molecule has 2 rings (SSSR count). The molecule has 0 radical (unpaired) electrons. The molecule has 2 aromatic rings. The molecular weight excluding hydrogens is 308 g/mol. The highest BCUT2D eigenvalue weighted by Gasteiger charge is 2.22. The number of sulfonamides is 1. The van der Waals surface area contributed by atoms with Crippen LogP contribution in [0, 0.1) is 4.91 Å². The average Bonchev–Trinajstić information content (AvgIpc) is 2.35. The van der Waals surface area contributed by atoms with Crippen LogP contribution < -0.4 is 5.73 Å². The van der Waals surface area contributed by atoms with Gasteiger partial charge in [0.2, 0.25) is 0 Å². The van der Waals surface area contributed by atoms with Crippen molar-refractivity contribution in [3.63, 3.8) is 0 Å². The first kappa shape index (κ1) is 14.4. The topological polar surface area (TPSA) is 144 Å². The van der Waals surface area contributed by atoms with Crippen LogP contribution in [0.15, 0.2) is 44.7 Å². The van der Waals surface area contributed by atoms with E-state index < -0.39 is 29.9 Å². The van der Waals surface area contributed by atoms with Gasteiger partial charge in [0.15, 0.2) is 0 Å². The zero-order chi connectivity index (χ0) is 15.1. The minimum absolute atomic E-state index is 0.0774. The minimum atomic E-state index is -4.60. The van der Waals surface area contributed by atoms with Gasteiger partial charge in [0.05, 0.1) is 4.58 Å². The van der Waals surface area contributed by atoms with Gasteiger partial charge in [-0.2, -0.15) is 16.8 Å². The number of nitrogen functional groups attached to an aromatic ring is 1. The van der Waals surface area contributed by atoms with Crippen LogP contribution in [-0.4, -0.2) is 21.4 Å². The molecule has 0 heterocycles. The Morgan fingerprint density at radius 3 is 2.20 bits per heavy atom. The van der Waals surface area contributed by atoms with Crippen molar-refractivity contribution in [1.29, 1.82) is 0 Å². The lowest BCUT2D eigenvalue weighted by molar-refractivity contribution is 0.484. The van der Waals surface area contributed by atoms with Crippen molar-refractivity contribution in [3.05, 3.63) is 35.2 Å². The lowest BCUT2D eigenvalue weighted by Gasteiger charge is -2.08. The zero-order valence-electron chi connectivity index (χ0n) is 9.72. The molecule has 0 saturated heterocycles. The second-order valence-corrected chi connectivity index (χ2v) is 6.82. The average molecular weight is 316 g/mol. The highest BCUT2D eigenvalue weighted by atomic mass is 32.2. The van der Waals surface area contributed by atoms with Crippen LogP contribution in [0.3, 0.4) is 0 Å². The third-order valence-corrected chi connectivity index (χ3v) is 4.60. The fourth-order valence-corrected chi connectivity index (χ4v) is 3.34. The molecule has 3 N–H and O–H groups in total. The second-order valence-electron chi connectivity index (χ2n) is 3.89. The SMILES string of the molecule is Nc1cc(S(=O)(=O)O)c2cccc(S(=O)(=O)N=O)c2c1. The van der Waals surface area contributed by atoms with Crippen molar-refractivity contribution in [2.24, 2.45) is 4.58 Å². The van der Waals surface area contributed by atoms with Crippen LogP contribution in [-0.2, 0) is 20.1 Å². The number of anilines is 1. The monoisotopic (exact) mass is 316 g/mol. The van der Waals surface area contributed by atoms with E-state index in [2.05, 4.69) is 0 Å². The molecule has 0 amide bonds. The standard InChI is InChI=1S/C10H8N2O6S2/c11-6-4-8-7(10(5-6)20(16,17)18)2-1-3-9(8)19(14,15)12-13/h1-5H,11H2,(H,16,17,18). The second kappa shape index (κ2) is 4.51. The van der Waals surface area contributed by atoms with Crippen molar-refractivity contribution in [3.8, 4) is 0 Å². The van der Waals surface area contributed by atoms with Gasteiger partial charge >= 0.3 is 10.0 Å². The quantitative estimate of drug-likeness (QED) is 0.490. The first-order valence-electron chi connectivity index (χ1n) is 5.06. The summed E-state index contributed by atoms with van der Waals surface area (Å²) in [6, 6.07) is 5.77. The van der Waals surface area contributed by atoms with E-state index in [0.717, 1.165) is 12.1 Å². The zero-order valence-corrected chi connectivity index (χ0v) is 11.3. The Hall–Kier alpha value is -2.04. The van der Waals surface area contributed by atoms with Gasteiger partial charge in [-0.25, -0.2) is 0 Å². The molecule has 0 bridgehead atoms. The van der Waals surface area contributed by atoms with E-state index in [9.17, 15) is 21.7 Å². The van der Waals surface area contributed by atoms with Crippen molar-refractivity contribution < 1.29 is 21.4 Å². The van der Waals surface area contributed by atoms with E-state index in [1.165, 1.54) is 18.2 Å². The van der Waals surface area contributed by atoms with Crippen molar-refractivity contribution in [2.75, 3.05) is 5.73 Å². The fourth-order valence-electron chi connectivity index (χ4n) is 1.82. The van der Waals surface area contributed by atoms with Gasteiger partial charge in [-0.1, -0.05) is 12.1 Å². The summed E-state index contributed by atoms with van der Waals surface area (Å²) >= 11 is 0. The largest absolute Gasteiger partial charge is 0.399 e. The number of nitrogens with two attached hydrogens (primary N) is 1. The number of benzene rings is 2. The third-order valence-electron chi connectivity index (χ3n) is 2.59. The van der Waals surface area contributed by atoms with Crippen molar-refractivity contribution in [1.82, 2.24) is 0 Å². The van der Waals surface area contributed by atoms with E-state index in [4.69, 9.17) is 10.3 Å². The minimum Gasteiger partial charge on any atom is -0.399 e.